The zero-order valence-corrected chi connectivity index (χ0v) is 13.9. The van der Waals surface area contributed by atoms with E-state index in [4.69, 9.17) is 10.7 Å². The van der Waals surface area contributed by atoms with Gasteiger partial charge < -0.3 is 4.57 Å². The molecule has 3 aromatic rings. The summed E-state index contributed by atoms with van der Waals surface area (Å²) in [6, 6.07) is 11.0. The van der Waals surface area contributed by atoms with E-state index in [2.05, 4.69) is 20.9 Å². The number of pyridine rings is 1. The molecule has 0 atom stereocenters. The van der Waals surface area contributed by atoms with E-state index in [1.54, 1.807) is 24.5 Å². The van der Waals surface area contributed by atoms with Crippen molar-refractivity contribution < 1.29 is 8.42 Å². The van der Waals surface area contributed by atoms with Gasteiger partial charge in [-0.1, -0.05) is 18.2 Å². The van der Waals surface area contributed by atoms with Gasteiger partial charge in [-0.05, 0) is 34.1 Å². The van der Waals surface area contributed by atoms with E-state index in [9.17, 15) is 8.42 Å². The molecule has 0 aliphatic rings. The molecule has 0 N–H and O–H groups in total. The predicted octanol–water partition coefficient (Wildman–Crippen LogP) is 3.77. The van der Waals surface area contributed by atoms with Gasteiger partial charge >= 0.3 is 0 Å². The molecule has 0 amide bonds. The lowest BCUT2D eigenvalue weighted by molar-refractivity contribution is 0.609. The Labute approximate surface area is 134 Å². The van der Waals surface area contributed by atoms with Gasteiger partial charge in [-0.3, -0.25) is 4.98 Å². The lowest BCUT2D eigenvalue weighted by atomic mass is 10.2. The van der Waals surface area contributed by atoms with Gasteiger partial charge in [0, 0.05) is 38.5 Å². The molecule has 0 radical (unpaired) electrons. The molecule has 2 aromatic heterocycles. The van der Waals surface area contributed by atoms with Crippen LogP contribution in [0.5, 0.6) is 0 Å². The number of nitrogens with zero attached hydrogens (tertiary/aromatic N) is 2. The monoisotopic (exact) mass is 384 g/mol. The van der Waals surface area contributed by atoms with Crippen LogP contribution in [0.25, 0.3) is 10.9 Å². The van der Waals surface area contributed by atoms with Crippen LogP contribution in [0.4, 0.5) is 0 Å². The van der Waals surface area contributed by atoms with E-state index in [1.807, 2.05) is 28.8 Å². The molecule has 0 saturated heterocycles. The fourth-order valence-electron chi connectivity index (χ4n) is 2.21. The van der Waals surface area contributed by atoms with Gasteiger partial charge in [0.1, 0.15) is 4.90 Å². The Bertz CT molecular complexity index is 904. The molecule has 4 nitrogen and oxygen atoms in total. The van der Waals surface area contributed by atoms with Crippen molar-refractivity contribution in [3.05, 3.63) is 59.0 Å². The van der Waals surface area contributed by atoms with Gasteiger partial charge in [0.15, 0.2) is 0 Å². The van der Waals surface area contributed by atoms with Crippen LogP contribution in [0.2, 0.25) is 0 Å². The highest BCUT2D eigenvalue weighted by Crippen LogP contribution is 2.28. The number of rotatable bonds is 3. The van der Waals surface area contributed by atoms with Crippen LogP contribution in [0.1, 0.15) is 5.69 Å². The first-order valence-electron chi connectivity index (χ1n) is 6.08. The van der Waals surface area contributed by atoms with Crippen LogP contribution < -0.4 is 0 Å². The second-order valence-electron chi connectivity index (χ2n) is 4.54. The maximum atomic E-state index is 11.7. The minimum Gasteiger partial charge on any atom is -0.340 e. The lowest BCUT2D eigenvalue weighted by Gasteiger charge is -2.04. The van der Waals surface area contributed by atoms with E-state index >= 15 is 0 Å². The summed E-state index contributed by atoms with van der Waals surface area (Å²) in [5.41, 5.74) is 1.64. The summed E-state index contributed by atoms with van der Waals surface area (Å²) < 4.78 is 26.1. The molecule has 0 aliphatic carbocycles. The van der Waals surface area contributed by atoms with Crippen LogP contribution in [0.15, 0.2) is 58.2 Å². The minimum atomic E-state index is -3.78. The zero-order valence-electron chi connectivity index (χ0n) is 10.7. The third-order valence-corrected chi connectivity index (χ3v) is 4.95. The average Bonchev–Trinajstić information content (AvgIpc) is 2.81. The van der Waals surface area contributed by atoms with Crippen LogP contribution in [-0.4, -0.2) is 18.0 Å². The van der Waals surface area contributed by atoms with Crippen molar-refractivity contribution in [3.8, 4) is 0 Å². The summed E-state index contributed by atoms with van der Waals surface area (Å²) in [6.45, 7) is 0.472. The number of para-hydroxylation sites is 1. The average molecular weight is 386 g/mol. The van der Waals surface area contributed by atoms with Crippen molar-refractivity contribution >= 4 is 46.6 Å². The van der Waals surface area contributed by atoms with Gasteiger partial charge in [0.25, 0.3) is 9.05 Å². The van der Waals surface area contributed by atoms with Gasteiger partial charge in [0.05, 0.1) is 12.2 Å². The Morgan fingerprint density at radius 1 is 1.19 bits per heavy atom. The molecule has 21 heavy (non-hydrogen) atoms. The smallest absolute Gasteiger partial charge is 0.263 e. The summed E-state index contributed by atoms with van der Waals surface area (Å²) >= 11 is 3.33. The summed E-state index contributed by atoms with van der Waals surface area (Å²) in [5.74, 6) is 0. The van der Waals surface area contributed by atoms with E-state index in [0.29, 0.717) is 11.9 Å². The molecule has 0 bridgehead atoms. The molecule has 7 heteroatoms. The van der Waals surface area contributed by atoms with Gasteiger partial charge in [-0.25, -0.2) is 8.42 Å². The number of benzene rings is 1. The highest BCUT2D eigenvalue weighted by molar-refractivity contribution is 9.10. The number of aromatic nitrogens is 2. The fraction of sp³-hybridized carbons (Fsp3) is 0.0714. The topological polar surface area (TPSA) is 52.0 Å². The Hall–Kier alpha value is -1.37. The van der Waals surface area contributed by atoms with Gasteiger partial charge in [-0.2, -0.15) is 0 Å². The van der Waals surface area contributed by atoms with Crippen molar-refractivity contribution in [2.45, 2.75) is 11.4 Å². The second kappa shape index (κ2) is 5.44. The number of fused-ring (bicyclic) bond motifs is 1. The number of hydrogen-bond donors (Lipinski definition) is 0. The normalized spacial score (nSPS) is 11.9. The van der Waals surface area contributed by atoms with Crippen LogP contribution >= 0.6 is 26.6 Å². The largest absolute Gasteiger partial charge is 0.340 e. The molecule has 0 saturated carbocycles. The minimum absolute atomic E-state index is 0.122. The molecule has 3 rings (SSSR count). The Kier molecular flexibility index (Phi) is 3.77. The van der Waals surface area contributed by atoms with Crippen molar-refractivity contribution in [3.63, 3.8) is 0 Å². The van der Waals surface area contributed by atoms with Gasteiger partial charge in [-0.15, -0.1) is 0 Å². The Morgan fingerprint density at radius 3 is 2.62 bits per heavy atom. The van der Waals surface area contributed by atoms with E-state index in [1.165, 1.54) is 0 Å². The van der Waals surface area contributed by atoms with Crippen molar-refractivity contribution in [1.82, 2.24) is 9.55 Å². The van der Waals surface area contributed by atoms with Gasteiger partial charge in [0.2, 0.25) is 0 Å². The summed E-state index contributed by atoms with van der Waals surface area (Å²) in [7, 11) is 1.73. The molecule has 0 fully saturated rings. The maximum absolute atomic E-state index is 11.7. The van der Waals surface area contributed by atoms with Crippen molar-refractivity contribution in [2.75, 3.05) is 0 Å². The van der Waals surface area contributed by atoms with Crippen LogP contribution in [0.3, 0.4) is 0 Å². The van der Waals surface area contributed by atoms with E-state index < -0.39 is 9.05 Å². The molecule has 0 aliphatic heterocycles. The molecule has 2 heterocycles. The number of hydrogen-bond acceptors (Lipinski definition) is 3. The van der Waals surface area contributed by atoms with Crippen molar-refractivity contribution in [1.29, 1.82) is 0 Å². The maximum Gasteiger partial charge on any atom is 0.263 e. The quantitative estimate of drug-likeness (QED) is 0.645. The molecule has 0 spiro atoms. The molecular weight excluding hydrogens is 376 g/mol. The van der Waals surface area contributed by atoms with Crippen LogP contribution in [-0.2, 0) is 15.6 Å². The Morgan fingerprint density at radius 2 is 1.95 bits per heavy atom. The standard InChI is InChI=1S/C14H10BrClN2O2S/c15-10-5-6-11(17-7-10)8-18-9-14(21(16,19)20)12-3-1-2-4-13(12)18/h1-7,9H,8H2. The SMILES string of the molecule is O=S(=O)(Cl)c1cn(Cc2ccc(Br)cn2)c2ccccc12. The second-order valence-corrected chi connectivity index (χ2v) is 7.99. The summed E-state index contributed by atoms with van der Waals surface area (Å²) in [5, 5.41) is 0.615. The van der Waals surface area contributed by atoms with Crippen LogP contribution in [0, 0.1) is 0 Å². The first-order valence-corrected chi connectivity index (χ1v) is 9.18. The molecule has 108 valence electrons. The predicted molar refractivity (Wildman–Crippen MR) is 86.0 cm³/mol. The highest BCUT2D eigenvalue weighted by atomic mass is 79.9. The first-order chi connectivity index (χ1) is 9.95. The van der Waals surface area contributed by atoms with Crippen molar-refractivity contribution in [2.24, 2.45) is 0 Å². The highest BCUT2D eigenvalue weighted by Gasteiger charge is 2.18. The third kappa shape index (κ3) is 2.97. The molecule has 1 aromatic carbocycles. The summed E-state index contributed by atoms with van der Waals surface area (Å²) in [4.78, 5) is 4.42. The molecule has 0 unspecified atom stereocenters. The van der Waals surface area contributed by atoms with E-state index in [0.717, 1.165) is 15.7 Å². The third-order valence-electron chi connectivity index (χ3n) is 3.14. The molecular formula is C14H10BrClN2O2S. The fourth-order valence-corrected chi connectivity index (χ4v) is 3.50. The summed E-state index contributed by atoms with van der Waals surface area (Å²) in [6.07, 6.45) is 3.26. The zero-order chi connectivity index (χ0) is 15.0. The number of halogens is 2. The lowest BCUT2D eigenvalue weighted by Crippen LogP contribution is -2.00. The first kappa shape index (κ1) is 14.6. The Balaban J connectivity index is 2.13. The van der Waals surface area contributed by atoms with E-state index in [-0.39, 0.29) is 4.90 Å².